The van der Waals surface area contributed by atoms with Crippen LogP contribution >= 0.6 is 15.9 Å². The number of halogens is 1. The smallest absolute Gasteiger partial charge is 0.282 e. The van der Waals surface area contributed by atoms with E-state index in [0.717, 1.165) is 29.3 Å². The van der Waals surface area contributed by atoms with Gasteiger partial charge in [0.25, 0.3) is 10.2 Å². The SMILES string of the molecule is CN(Cc1ccccc1Br)S(=O)(=O)N1CCCCC1CN. The maximum atomic E-state index is 12.8. The zero-order chi connectivity index (χ0) is 15.5. The van der Waals surface area contributed by atoms with Gasteiger partial charge in [-0.2, -0.15) is 17.0 Å². The minimum Gasteiger partial charge on any atom is -0.329 e. The largest absolute Gasteiger partial charge is 0.329 e. The van der Waals surface area contributed by atoms with Crippen molar-refractivity contribution < 1.29 is 8.42 Å². The van der Waals surface area contributed by atoms with Gasteiger partial charge < -0.3 is 5.73 Å². The van der Waals surface area contributed by atoms with Gasteiger partial charge >= 0.3 is 0 Å². The lowest BCUT2D eigenvalue weighted by Gasteiger charge is -2.36. The molecule has 1 fully saturated rings. The van der Waals surface area contributed by atoms with Crippen molar-refractivity contribution in [3.05, 3.63) is 34.3 Å². The van der Waals surface area contributed by atoms with Crippen molar-refractivity contribution in [2.24, 2.45) is 5.73 Å². The molecule has 0 spiro atoms. The molecule has 0 aromatic heterocycles. The van der Waals surface area contributed by atoms with Gasteiger partial charge in [0.15, 0.2) is 0 Å². The van der Waals surface area contributed by atoms with Crippen LogP contribution in [0.15, 0.2) is 28.7 Å². The minimum atomic E-state index is -3.47. The van der Waals surface area contributed by atoms with Crippen molar-refractivity contribution in [1.82, 2.24) is 8.61 Å². The van der Waals surface area contributed by atoms with E-state index in [1.165, 1.54) is 4.31 Å². The summed E-state index contributed by atoms with van der Waals surface area (Å²) in [4.78, 5) is 0. The highest BCUT2D eigenvalue weighted by atomic mass is 79.9. The lowest BCUT2D eigenvalue weighted by molar-refractivity contribution is 0.239. The third kappa shape index (κ3) is 3.84. The molecule has 0 bridgehead atoms. The molecule has 5 nitrogen and oxygen atoms in total. The molecule has 1 aromatic carbocycles. The average Bonchev–Trinajstić information content (AvgIpc) is 2.49. The second kappa shape index (κ2) is 7.19. The Morgan fingerprint density at radius 2 is 2.10 bits per heavy atom. The highest BCUT2D eigenvalue weighted by molar-refractivity contribution is 9.10. The summed E-state index contributed by atoms with van der Waals surface area (Å²) in [6.07, 6.45) is 2.79. The Labute approximate surface area is 135 Å². The Kier molecular flexibility index (Phi) is 5.79. The van der Waals surface area contributed by atoms with Crippen LogP contribution in [-0.4, -0.2) is 43.2 Å². The van der Waals surface area contributed by atoms with Gasteiger partial charge in [-0.05, 0) is 24.5 Å². The van der Waals surface area contributed by atoms with Gasteiger partial charge in [-0.3, -0.25) is 0 Å². The van der Waals surface area contributed by atoms with E-state index in [9.17, 15) is 8.42 Å². The fourth-order valence-electron chi connectivity index (χ4n) is 2.64. The van der Waals surface area contributed by atoms with E-state index in [-0.39, 0.29) is 6.04 Å². The first-order valence-electron chi connectivity index (χ1n) is 7.13. The Bertz CT molecular complexity index is 579. The molecular formula is C14H22BrN3O2S. The van der Waals surface area contributed by atoms with E-state index < -0.39 is 10.2 Å². The number of rotatable bonds is 5. The van der Waals surface area contributed by atoms with E-state index in [2.05, 4.69) is 15.9 Å². The average molecular weight is 376 g/mol. The van der Waals surface area contributed by atoms with Crippen LogP contribution in [0.4, 0.5) is 0 Å². The highest BCUT2D eigenvalue weighted by Gasteiger charge is 2.34. The van der Waals surface area contributed by atoms with Crippen LogP contribution in [0.5, 0.6) is 0 Å². The van der Waals surface area contributed by atoms with Crippen molar-refractivity contribution in [2.75, 3.05) is 20.1 Å². The summed E-state index contributed by atoms with van der Waals surface area (Å²) < 4.78 is 29.4. The summed E-state index contributed by atoms with van der Waals surface area (Å²) in [6, 6.07) is 7.58. The molecule has 1 saturated heterocycles. The summed E-state index contributed by atoms with van der Waals surface area (Å²) in [6.45, 7) is 1.28. The molecule has 0 radical (unpaired) electrons. The van der Waals surface area contributed by atoms with Crippen molar-refractivity contribution in [3.8, 4) is 0 Å². The molecule has 2 rings (SSSR count). The number of piperidine rings is 1. The Balaban J connectivity index is 2.16. The van der Waals surface area contributed by atoms with Crippen molar-refractivity contribution in [2.45, 2.75) is 31.8 Å². The molecule has 1 aliphatic rings. The van der Waals surface area contributed by atoms with Gasteiger partial charge in [-0.15, -0.1) is 0 Å². The predicted octanol–water partition coefficient (Wildman–Crippen LogP) is 1.94. The molecule has 21 heavy (non-hydrogen) atoms. The molecule has 0 saturated carbocycles. The zero-order valence-corrected chi connectivity index (χ0v) is 14.6. The highest BCUT2D eigenvalue weighted by Crippen LogP contribution is 2.24. The maximum Gasteiger partial charge on any atom is 0.282 e. The number of nitrogens with two attached hydrogens (primary N) is 1. The fourth-order valence-corrected chi connectivity index (χ4v) is 4.64. The molecule has 118 valence electrons. The number of hydrogen-bond donors (Lipinski definition) is 1. The molecule has 7 heteroatoms. The third-order valence-corrected chi connectivity index (χ3v) is 6.65. The first kappa shape index (κ1) is 16.9. The minimum absolute atomic E-state index is 0.0783. The van der Waals surface area contributed by atoms with Crippen molar-refractivity contribution >= 4 is 26.1 Å². The molecule has 1 unspecified atom stereocenters. The first-order valence-corrected chi connectivity index (χ1v) is 9.32. The Hall–Kier alpha value is -0.470. The molecule has 1 heterocycles. The van der Waals surface area contributed by atoms with Gasteiger partial charge in [0.05, 0.1) is 0 Å². The summed E-state index contributed by atoms with van der Waals surface area (Å²) in [5.74, 6) is 0. The van der Waals surface area contributed by atoms with E-state index in [1.807, 2.05) is 24.3 Å². The van der Waals surface area contributed by atoms with Gasteiger partial charge in [0.1, 0.15) is 0 Å². The van der Waals surface area contributed by atoms with E-state index in [4.69, 9.17) is 5.73 Å². The lowest BCUT2D eigenvalue weighted by Crippen LogP contribution is -2.51. The second-order valence-corrected chi connectivity index (χ2v) is 8.19. The normalized spacial score (nSPS) is 20.9. The molecule has 1 aromatic rings. The zero-order valence-electron chi connectivity index (χ0n) is 12.2. The first-order chi connectivity index (χ1) is 9.96. The van der Waals surface area contributed by atoms with Crippen molar-refractivity contribution in [1.29, 1.82) is 0 Å². The number of nitrogens with zero attached hydrogens (tertiary/aromatic N) is 2. The van der Waals surface area contributed by atoms with E-state index in [0.29, 0.717) is 19.6 Å². The van der Waals surface area contributed by atoms with Crippen LogP contribution in [-0.2, 0) is 16.8 Å². The van der Waals surface area contributed by atoms with Crippen LogP contribution < -0.4 is 5.73 Å². The van der Waals surface area contributed by atoms with Crippen LogP contribution in [0, 0.1) is 0 Å². The third-order valence-electron chi connectivity index (χ3n) is 3.89. The lowest BCUT2D eigenvalue weighted by atomic mass is 10.1. The van der Waals surface area contributed by atoms with Gasteiger partial charge in [0.2, 0.25) is 0 Å². The van der Waals surface area contributed by atoms with Gasteiger partial charge in [-0.1, -0.05) is 40.5 Å². The Morgan fingerprint density at radius 3 is 2.76 bits per heavy atom. The standard InChI is InChI=1S/C14H22BrN3O2S/c1-17(11-12-6-2-3-8-14(12)15)21(19,20)18-9-5-4-7-13(18)10-16/h2-3,6,8,13H,4-5,7,9-11,16H2,1H3. The summed E-state index contributed by atoms with van der Waals surface area (Å²) in [5, 5.41) is 0. The second-order valence-electron chi connectivity index (χ2n) is 5.35. The monoisotopic (exact) mass is 375 g/mol. The molecule has 2 N–H and O–H groups in total. The van der Waals surface area contributed by atoms with E-state index in [1.54, 1.807) is 11.4 Å². The number of hydrogen-bond acceptors (Lipinski definition) is 3. The summed E-state index contributed by atoms with van der Waals surface area (Å²) in [7, 11) is -1.85. The van der Waals surface area contributed by atoms with Crippen LogP contribution in [0.2, 0.25) is 0 Å². The Morgan fingerprint density at radius 1 is 1.38 bits per heavy atom. The number of benzene rings is 1. The molecule has 0 amide bonds. The van der Waals surface area contributed by atoms with Crippen molar-refractivity contribution in [3.63, 3.8) is 0 Å². The topological polar surface area (TPSA) is 66.6 Å². The molecule has 1 atom stereocenters. The van der Waals surface area contributed by atoms with Gasteiger partial charge in [0, 0.05) is 37.2 Å². The molecular weight excluding hydrogens is 354 g/mol. The fraction of sp³-hybridized carbons (Fsp3) is 0.571. The molecule has 0 aliphatic carbocycles. The summed E-state index contributed by atoms with van der Waals surface area (Å²) >= 11 is 3.46. The predicted molar refractivity (Wildman–Crippen MR) is 87.9 cm³/mol. The summed E-state index contributed by atoms with van der Waals surface area (Å²) in [5.41, 5.74) is 6.68. The van der Waals surface area contributed by atoms with Crippen LogP contribution in [0.1, 0.15) is 24.8 Å². The van der Waals surface area contributed by atoms with Crippen LogP contribution in [0.3, 0.4) is 0 Å². The maximum absolute atomic E-state index is 12.8. The molecule has 1 aliphatic heterocycles. The quantitative estimate of drug-likeness (QED) is 0.854. The van der Waals surface area contributed by atoms with Gasteiger partial charge in [-0.25, -0.2) is 0 Å². The van der Waals surface area contributed by atoms with Crippen LogP contribution in [0.25, 0.3) is 0 Å². The van der Waals surface area contributed by atoms with E-state index >= 15 is 0 Å².